The molecule has 32 heavy (non-hydrogen) atoms. The first-order valence-corrected chi connectivity index (χ1v) is 11.3. The molecule has 2 amide bonds. The zero-order valence-corrected chi connectivity index (χ0v) is 20.1. The highest BCUT2D eigenvalue weighted by Crippen LogP contribution is 2.46. The van der Waals surface area contributed by atoms with Crippen molar-refractivity contribution in [2.45, 2.75) is 52.7 Å². The van der Waals surface area contributed by atoms with Crippen molar-refractivity contribution in [1.29, 1.82) is 0 Å². The van der Waals surface area contributed by atoms with Gasteiger partial charge in [-0.15, -0.1) is 0 Å². The standard InChI is InChI=1S/C25H32ClN3O3/c1-16(2)21(28-22(30)18-7-6-17(3)27-14-18)23(31)29-13-12-25(32,24(4,5)15-29)19-8-10-20(26)11-9-19/h6-11,14,16,21,32H,12-13,15H2,1-5H3,(H,28,30)/t21-,25+/m1/s1. The van der Waals surface area contributed by atoms with E-state index in [-0.39, 0.29) is 17.7 Å². The molecule has 0 unspecified atom stereocenters. The van der Waals surface area contributed by atoms with Crippen molar-refractivity contribution >= 4 is 23.4 Å². The predicted molar refractivity (Wildman–Crippen MR) is 125 cm³/mol. The molecule has 1 fully saturated rings. The van der Waals surface area contributed by atoms with Crippen molar-refractivity contribution in [3.63, 3.8) is 0 Å². The third-order valence-electron chi connectivity index (χ3n) is 6.48. The van der Waals surface area contributed by atoms with E-state index in [4.69, 9.17) is 11.6 Å². The van der Waals surface area contributed by atoms with Crippen LogP contribution >= 0.6 is 11.6 Å². The first-order chi connectivity index (χ1) is 14.9. The molecule has 3 rings (SSSR count). The van der Waals surface area contributed by atoms with Gasteiger partial charge in [0.15, 0.2) is 0 Å². The number of rotatable bonds is 5. The van der Waals surface area contributed by atoms with E-state index in [2.05, 4.69) is 10.3 Å². The largest absolute Gasteiger partial charge is 0.384 e. The molecule has 0 radical (unpaired) electrons. The minimum Gasteiger partial charge on any atom is -0.384 e. The van der Waals surface area contributed by atoms with Crippen LogP contribution in [0.25, 0.3) is 0 Å². The lowest BCUT2D eigenvalue weighted by atomic mass is 9.66. The molecule has 0 spiro atoms. The maximum absolute atomic E-state index is 13.4. The van der Waals surface area contributed by atoms with Gasteiger partial charge in [-0.3, -0.25) is 14.6 Å². The molecule has 7 heteroatoms. The van der Waals surface area contributed by atoms with Crippen LogP contribution in [0.15, 0.2) is 42.6 Å². The van der Waals surface area contributed by atoms with E-state index in [1.54, 1.807) is 29.2 Å². The van der Waals surface area contributed by atoms with Crippen LogP contribution < -0.4 is 5.32 Å². The van der Waals surface area contributed by atoms with Crippen LogP contribution in [-0.2, 0) is 10.4 Å². The fraction of sp³-hybridized carbons (Fsp3) is 0.480. The normalized spacial score (nSPS) is 21.3. The monoisotopic (exact) mass is 457 g/mol. The highest BCUT2D eigenvalue weighted by molar-refractivity contribution is 6.30. The van der Waals surface area contributed by atoms with Crippen molar-refractivity contribution < 1.29 is 14.7 Å². The van der Waals surface area contributed by atoms with Crippen LogP contribution in [-0.4, -0.2) is 45.9 Å². The molecule has 172 valence electrons. The molecule has 2 atom stereocenters. The van der Waals surface area contributed by atoms with Crippen molar-refractivity contribution in [3.8, 4) is 0 Å². The van der Waals surface area contributed by atoms with Crippen molar-refractivity contribution in [2.24, 2.45) is 11.3 Å². The lowest BCUT2D eigenvalue weighted by molar-refractivity contribution is -0.155. The first kappa shape index (κ1) is 24.2. The summed E-state index contributed by atoms with van der Waals surface area (Å²) >= 11 is 6.02. The van der Waals surface area contributed by atoms with Crippen LogP contribution in [0.4, 0.5) is 0 Å². The van der Waals surface area contributed by atoms with Crippen LogP contribution in [0.2, 0.25) is 5.02 Å². The van der Waals surface area contributed by atoms with Gasteiger partial charge in [0.25, 0.3) is 5.91 Å². The second-order valence-corrected chi connectivity index (χ2v) is 10.1. The Morgan fingerprint density at radius 3 is 2.34 bits per heavy atom. The SMILES string of the molecule is Cc1ccc(C(=O)N[C@@H](C(=O)N2CC[C@](O)(c3ccc(Cl)cc3)C(C)(C)C2)C(C)C)cn1. The Bertz CT molecular complexity index is 973. The van der Waals surface area contributed by atoms with Gasteiger partial charge < -0.3 is 15.3 Å². The summed E-state index contributed by atoms with van der Waals surface area (Å²) in [5.74, 6) is -0.553. The number of hydrogen-bond donors (Lipinski definition) is 2. The molecule has 2 aromatic rings. The molecule has 1 saturated heterocycles. The Hall–Kier alpha value is -2.44. The Kier molecular flexibility index (Phi) is 6.96. The number of likely N-dealkylation sites (tertiary alicyclic amines) is 1. The first-order valence-electron chi connectivity index (χ1n) is 11.0. The summed E-state index contributed by atoms with van der Waals surface area (Å²) in [5.41, 5.74) is 0.353. The number of amides is 2. The lowest BCUT2D eigenvalue weighted by Crippen LogP contribution is -2.60. The van der Waals surface area contributed by atoms with E-state index in [0.29, 0.717) is 30.1 Å². The molecular weight excluding hydrogens is 426 g/mol. The average molecular weight is 458 g/mol. The van der Waals surface area contributed by atoms with E-state index < -0.39 is 17.1 Å². The van der Waals surface area contributed by atoms with Gasteiger partial charge in [0.2, 0.25) is 5.91 Å². The van der Waals surface area contributed by atoms with Crippen molar-refractivity contribution in [1.82, 2.24) is 15.2 Å². The Labute approximate surface area is 195 Å². The third kappa shape index (κ3) is 4.81. The molecule has 1 aromatic carbocycles. The van der Waals surface area contributed by atoms with Gasteiger partial charge in [-0.1, -0.05) is 51.4 Å². The highest BCUT2D eigenvalue weighted by atomic mass is 35.5. The van der Waals surface area contributed by atoms with Gasteiger partial charge in [0, 0.05) is 35.4 Å². The number of halogens is 1. The summed E-state index contributed by atoms with van der Waals surface area (Å²) in [6, 6.07) is 10.0. The molecular formula is C25H32ClN3O3. The number of aromatic nitrogens is 1. The van der Waals surface area contributed by atoms with E-state index in [0.717, 1.165) is 11.3 Å². The number of nitrogens with one attached hydrogen (secondary N) is 1. The summed E-state index contributed by atoms with van der Waals surface area (Å²) in [4.78, 5) is 32.1. The van der Waals surface area contributed by atoms with E-state index in [9.17, 15) is 14.7 Å². The second kappa shape index (κ2) is 9.20. The fourth-order valence-electron chi connectivity index (χ4n) is 4.31. The van der Waals surface area contributed by atoms with E-state index in [1.165, 1.54) is 6.20 Å². The van der Waals surface area contributed by atoms with Gasteiger partial charge in [-0.05, 0) is 49.1 Å². The molecule has 2 heterocycles. The number of aliphatic hydroxyl groups is 1. The summed E-state index contributed by atoms with van der Waals surface area (Å²) in [5, 5.41) is 15.1. The molecule has 1 aliphatic heterocycles. The van der Waals surface area contributed by atoms with Crippen LogP contribution in [0.3, 0.4) is 0 Å². The summed E-state index contributed by atoms with van der Waals surface area (Å²) in [7, 11) is 0. The predicted octanol–water partition coefficient (Wildman–Crippen LogP) is 3.94. The van der Waals surface area contributed by atoms with Gasteiger partial charge in [0.1, 0.15) is 6.04 Å². The minimum absolute atomic E-state index is 0.0926. The van der Waals surface area contributed by atoms with Gasteiger partial charge in [-0.25, -0.2) is 0 Å². The molecule has 1 aliphatic rings. The van der Waals surface area contributed by atoms with Crippen LogP contribution in [0.1, 0.15) is 55.7 Å². The van der Waals surface area contributed by atoms with Gasteiger partial charge in [0.05, 0.1) is 11.2 Å². The molecule has 0 saturated carbocycles. The number of pyridine rings is 1. The third-order valence-corrected chi connectivity index (χ3v) is 6.73. The number of nitrogens with zero attached hydrogens (tertiary/aromatic N) is 2. The molecule has 2 N–H and O–H groups in total. The summed E-state index contributed by atoms with van der Waals surface area (Å²) in [6.45, 7) is 10.4. The Morgan fingerprint density at radius 1 is 1.16 bits per heavy atom. The summed E-state index contributed by atoms with van der Waals surface area (Å²) < 4.78 is 0. The smallest absolute Gasteiger partial charge is 0.253 e. The zero-order valence-electron chi connectivity index (χ0n) is 19.4. The highest BCUT2D eigenvalue weighted by Gasteiger charge is 2.50. The van der Waals surface area contributed by atoms with E-state index in [1.807, 2.05) is 46.8 Å². The van der Waals surface area contributed by atoms with Crippen molar-refractivity contribution in [2.75, 3.05) is 13.1 Å². The molecule has 1 aromatic heterocycles. The average Bonchev–Trinajstić information content (AvgIpc) is 2.74. The van der Waals surface area contributed by atoms with Crippen molar-refractivity contribution in [3.05, 3.63) is 64.4 Å². The van der Waals surface area contributed by atoms with Gasteiger partial charge >= 0.3 is 0 Å². The zero-order chi connectivity index (χ0) is 23.7. The minimum atomic E-state index is -1.08. The van der Waals surface area contributed by atoms with Crippen LogP contribution in [0.5, 0.6) is 0 Å². The van der Waals surface area contributed by atoms with E-state index >= 15 is 0 Å². The maximum atomic E-state index is 13.4. The summed E-state index contributed by atoms with van der Waals surface area (Å²) in [6.07, 6.45) is 1.91. The molecule has 0 bridgehead atoms. The Morgan fingerprint density at radius 2 is 1.81 bits per heavy atom. The number of hydrogen-bond acceptors (Lipinski definition) is 4. The maximum Gasteiger partial charge on any atom is 0.253 e. The van der Waals surface area contributed by atoms with Gasteiger partial charge in [-0.2, -0.15) is 0 Å². The number of benzene rings is 1. The lowest BCUT2D eigenvalue weighted by Gasteiger charge is -2.51. The molecule has 0 aliphatic carbocycles. The number of aryl methyl sites for hydroxylation is 1. The molecule has 6 nitrogen and oxygen atoms in total. The van der Waals surface area contributed by atoms with Crippen LogP contribution in [0, 0.1) is 18.3 Å². The number of carbonyl (C=O) groups excluding carboxylic acids is 2. The number of carbonyl (C=O) groups is 2. The topological polar surface area (TPSA) is 82.5 Å². The quantitative estimate of drug-likeness (QED) is 0.712. The second-order valence-electron chi connectivity index (χ2n) is 9.64. The number of piperidine rings is 1. The Balaban J connectivity index is 1.76. The fourth-order valence-corrected chi connectivity index (χ4v) is 4.43.